The first-order valence-corrected chi connectivity index (χ1v) is 16.9. The van der Waals surface area contributed by atoms with Gasteiger partial charge in [0.25, 0.3) is 10.0 Å². The summed E-state index contributed by atoms with van der Waals surface area (Å²) in [5.74, 6) is -0.0746. The van der Waals surface area contributed by atoms with Crippen LogP contribution in [0.2, 0.25) is 5.31 Å². The molecular weight excluding hydrogens is 598 g/mol. The molecule has 0 heterocycles. The minimum Gasteiger partial charge on any atom is -0.273 e. The van der Waals surface area contributed by atoms with Crippen molar-refractivity contribution in [3.8, 4) is 0 Å². The third-order valence-electron chi connectivity index (χ3n) is 8.45. The van der Waals surface area contributed by atoms with Crippen molar-refractivity contribution in [2.24, 2.45) is 16.2 Å². The Balaban J connectivity index is 2.61. The largest absolute Gasteiger partial charge is 0.514 e. The fraction of sp³-hybridized carbons (Fsp3) is 0.613. The smallest absolute Gasteiger partial charge is 0.273 e. The molecule has 0 N–H and O–H groups in total. The lowest BCUT2D eigenvalue weighted by molar-refractivity contribution is -0.0647. The Hall–Kier alpha value is -1.89. The molecule has 12 heteroatoms. The Bertz CT molecular complexity index is 1440. The molecule has 0 aliphatic heterocycles. The monoisotopic (exact) mass is 643 g/mol. The van der Waals surface area contributed by atoms with Gasteiger partial charge in [0, 0.05) is 3.87 Å². The van der Waals surface area contributed by atoms with Crippen LogP contribution in [0.4, 0.5) is 13.2 Å². The van der Waals surface area contributed by atoms with Crippen molar-refractivity contribution >= 4 is 27.9 Å². The van der Waals surface area contributed by atoms with Crippen LogP contribution in [0, 0.1) is 16.2 Å². The van der Waals surface area contributed by atoms with Crippen LogP contribution in [0.1, 0.15) is 98.1 Å². The molecule has 6 nitrogen and oxygen atoms in total. The van der Waals surface area contributed by atoms with Gasteiger partial charge in [0.1, 0.15) is 0 Å². The van der Waals surface area contributed by atoms with E-state index in [-0.39, 0.29) is 22.7 Å². The van der Waals surface area contributed by atoms with Gasteiger partial charge in [-0.15, -0.1) is 0 Å². The summed E-state index contributed by atoms with van der Waals surface area (Å²) in [7, 11) is -3.76. The molecule has 0 saturated heterocycles. The van der Waals surface area contributed by atoms with E-state index in [4.69, 9.17) is 7.85 Å². The SMILES string of the molecule is [B]C(C)(CC(c1ccccc1)C(C)(C)C)C(C)(C)C(CC(C)(C)C)c1ccc(S(=O)(=O)N(OC)S(=O)(=O)C(F)(F)F)cc1. The molecule has 0 bridgehead atoms. The van der Waals surface area contributed by atoms with Crippen molar-refractivity contribution in [3.63, 3.8) is 0 Å². The van der Waals surface area contributed by atoms with E-state index < -0.39 is 45.1 Å². The highest BCUT2D eigenvalue weighted by Gasteiger charge is 2.55. The summed E-state index contributed by atoms with van der Waals surface area (Å²) < 4.78 is 88.3. The molecule has 3 unspecified atom stereocenters. The zero-order chi connectivity index (χ0) is 33.4. The van der Waals surface area contributed by atoms with Gasteiger partial charge in [0.05, 0.1) is 19.9 Å². The van der Waals surface area contributed by atoms with Crippen LogP contribution < -0.4 is 0 Å². The number of benzene rings is 2. The third kappa shape index (κ3) is 8.24. The number of alkyl halides is 3. The van der Waals surface area contributed by atoms with E-state index >= 15 is 0 Å². The molecule has 0 saturated carbocycles. The van der Waals surface area contributed by atoms with Crippen LogP contribution >= 0.6 is 0 Å². The maximum absolute atomic E-state index is 13.2. The topological polar surface area (TPSA) is 80.8 Å². The van der Waals surface area contributed by atoms with Crippen LogP contribution in [-0.2, 0) is 24.9 Å². The Labute approximate surface area is 257 Å². The Morgan fingerprint density at radius 3 is 1.60 bits per heavy atom. The lowest BCUT2D eigenvalue weighted by Crippen LogP contribution is -2.43. The van der Waals surface area contributed by atoms with Crippen LogP contribution in [0.15, 0.2) is 59.5 Å². The average molecular weight is 644 g/mol. The van der Waals surface area contributed by atoms with Crippen LogP contribution in [-0.4, -0.2) is 41.2 Å². The molecule has 0 fully saturated rings. The minimum atomic E-state index is -6.33. The van der Waals surface area contributed by atoms with Crippen LogP contribution in [0.25, 0.3) is 0 Å². The number of rotatable bonds is 11. The molecule has 2 aromatic carbocycles. The Morgan fingerprint density at radius 1 is 0.744 bits per heavy atom. The zero-order valence-corrected chi connectivity index (χ0v) is 28.4. The number of sulfonamides is 2. The van der Waals surface area contributed by atoms with Crippen molar-refractivity contribution in [3.05, 3.63) is 65.7 Å². The summed E-state index contributed by atoms with van der Waals surface area (Å²) in [6.07, 6.45) is 1.32. The fourth-order valence-electron chi connectivity index (χ4n) is 5.46. The van der Waals surface area contributed by atoms with Gasteiger partial charge in [-0.2, -0.15) is 21.6 Å². The van der Waals surface area contributed by atoms with E-state index in [1.807, 2.05) is 25.1 Å². The van der Waals surface area contributed by atoms with Crippen molar-refractivity contribution < 1.29 is 34.8 Å². The van der Waals surface area contributed by atoms with E-state index in [2.05, 4.69) is 72.4 Å². The highest BCUT2D eigenvalue weighted by Crippen LogP contribution is 2.60. The average Bonchev–Trinajstić information content (AvgIpc) is 2.84. The maximum atomic E-state index is 13.2. The highest BCUT2D eigenvalue weighted by molar-refractivity contribution is 8.04. The second-order valence-corrected chi connectivity index (χ2v) is 18.1. The second-order valence-electron chi connectivity index (χ2n) is 14.4. The van der Waals surface area contributed by atoms with Gasteiger partial charge in [0.2, 0.25) is 0 Å². The van der Waals surface area contributed by atoms with E-state index in [0.29, 0.717) is 20.0 Å². The van der Waals surface area contributed by atoms with Crippen molar-refractivity contribution in [1.29, 1.82) is 0 Å². The van der Waals surface area contributed by atoms with Crippen molar-refractivity contribution in [1.82, 2.24) is 3.87 Å². The van der Waals surface area contributed by atoms with E-state index in [1.54, 1.807) is 0 Å². The summed E-state index contributed by atoms with van der Waals surface area (Å²) in [6.45, 7) is 19.0. The summed E-state index contributed by atoms with van der Waals surface area (Å²) >= 11 is 0. The quantitative estimate of drug-likeness (QED) is 0.182. The molecule has 0 aliphatic rings. The molecule has 0 amide bonds. The lowest BCUT2D eigenvalue weighted by atomic mass is 9.45. The first kappa shape index (κ1) is 37.3. The molecular formula is C31H45BF3NO5S2. The summed E-state index contributed by atoms with van der Waals surface area (Å²) in [5, 5.41) is -0.727. The first-order chi connectivity index (χ1) is 19.2. The summed E-state index contributed by atoms with van der Waals surface area (Å²) in [4.78, 5) is 3.56. The maximum Gasteiger partial charge on any atom is 0.514 e. The van der Waals surface area contributed by atoms with E-state index in [9.17, 15) is 30.0 Å². The Morgan fingerprint density at radius 2 is 1.21 bits per heavy atom. The molecule has 0 spiro atoms. The van der Waals surface area contributed by atoms with Crippen molar-refractivity contribution in [2.75, 3.05) is 7.11 Å². The predicted molar refractivity (Wildman–Crippen MR) is 165 cm³/mol. The molecule has 2 rings (SSSR count). The van der Waals surface area contributed by atoms with Crippen molar-refractivity contribution in [2.45, 2.75) is 103 Å². The summed E-state index contributed by atoms with van der Waals surface area (Å²) in [5.41, 5.74) is -4.80. The number of nitrogens with zero attached hydrogens (tertiary/aromatic N) is 1. The lowest BCUT2D eigenvalue weighted by Gasteiger charge is -2.52. The first-order valence-electron chi connectivity index (χ1n) is 14.0. The van der Waals surface area contributed by atoms with Gasteiger partial charge in [-0.1, -0.05) is 110 Å². The molecule has 0 aromatic heterocycles. The molecule has 2 radical (unpaired) electrons. The highest BCUT2D eigenvalue weighted by atomic mass is 32.3. The summed E-state index contributed by atoms with van der Waals surface area (Å²) in [6, 6.07) is 15.4. The molecule has 43 heavy (non-hydrogen) atoms. The Kier molecular flexibility index (Phi) is 10.8. The molecule has 2 aromatic rings. The van der Waals surface area contributed by atoms with E-state index in [0.717, 1.165) is 17.7 Å². The number of halogens is 3. The van der Waals surface area contributed by atoms with E-state index in [1.165, 1.54) is 17.7 Å². The number of hydrogen-bond acceptors (Lipinski definition) is 5. The minimum absolute atomic E-state index is 0.0996. The predicted octanol–water partition coefficient (Wildman–Crippen LogP) is 8.20. The second kappa shape index (κ2) is 12.5. The zero-order valence-electron chi connectivity index (χ0n) is 26.8. The third-order valence-corrected chi connectivity index (χ3v) is 12.2. The van der Waals surface area contributed by atoms with Crippen LogP contribution in [0.3, 0.4) is 0 Å². The van der Waals surface area contributed by atoms with Gasteiger partial charge >= 0.3 is 15.5 Å². The molecule has 240 valence electrons. The van der Waals surface area contributed by atoms with Crippen LogP contribution in [0.5, 0.6) is 0 Å². The molecule has 3 atom stereocenters. The van der Waals surface area contributed by atoms with Gasteiger partial charge in [-0.3, -0.25) is 4.84 Å². The number of hydrogen-bond donors (Lipinski definition) is 0. The van der Waals surface area contributed by atoms with Gasteiger partial charge in [-0.25, -0.2) is 8.42 Å². The van der Waals surface area contributed by atoms with Gasteiger partial charge in [0.15, 0.2) is 0 Å². The fourth-order valence-corrected chi connectivity index (χ4v) is 8.22. The van der Waals surface area contributed by atoms with Gasteiger partial charge < -0.3 is 0 Å². The standard InChI is InChI=1S/C31H45BF3NO5S2/c1-27(2,3)20-26(29(7,8)30(9,32)21-25(28(4,5)6)22-14-12-11-13-15-22)23-16-18-24(19-17-23)42(37,38)36(41-10)43(39,40)31(33,34)35/h11-19,25-26H,20-21H2,1-10H3. The molecule has 0 aliphatic carbocycles. The van der Waals surface area contributed by atoms with Gasteiger partial charge in [-0.05, 0) is 64.2 Å². The normalized spacial score (nSPS) is 17.0.